The number of benzene rings is 1. The van der Waals surface area contributed by atoms with Crippen LogP contribution in [-0.4, -0.2) is 35.2 Å². The van der Waals surface area contributed by atoms with E-state index >= 15 is 0 Å². The molecule has 6 nitrogen and oxygen atoms in total. The van der Waals surface area contributed by atoms with Crippen molar-refractivity contribution < 1.29 is 9.84 Å². The Hall–Kier alpha value is -2.12. The number of aryl methyl sites for hydroxylation is 1. The van der Waals surface area contributed by atoms with Crippen molar-refractivity contribution in [2.24, 2.45) is 4.99 Å². The number of nitrogens with zero attached hydrogens (tertiary/aromatic N) is 2. The minimum atomic E-state index is -0.631. The normalized spacial score (nSPS) is 12.9. The van der Waals surface area contributed by atoms with Crippen LogP contribution < -0.4 is 15.4 Å². The summed E-state index contributed by atoms with van der Waals surface area (Å²) < 4.78 is 5.63. The third kappa shape index (κ3) is 7.19. The molecule has 3 N–H and O–H groups in total. The molecular weight excluding hydrogens is 360 g/mol. The fourth-order valence-corrected chi connectivity index (χ4v) is 3.21. The molecule has 0 fully saturated rings. The van der Waals surface area contributed by atoms with Gasteiger partial charge in [-0.05, 0) is 44.9 Å². The van der Waals surface area contributed by atoms with Crippen LogP contribution in [0.1, 0.15) is 49.2 Å². The van der Waals surface area contributed by atoms with Crippen molar-refractivity contribution in [3.8, 4) is 5.75 Å². The number of hydrogen-bond acceptors (Lipinski definition) is 5. The highest BCUT2D eigenvalue weighted by atomic mass is 32.1. The van der Waals surface area contributed by atoms with Crippen LogP contribution in [0.4, 0.5) is 0 Å². The number of aliphatic imine (C=N–C) groups is 1. The Balaban J connectivity index is 1.90. The Morgan fingerprint density at radius 1 is 1.22 bits per heavy atom. The fraction of sp³-hybridized carbons (Fsp3) is 0.500. The van der Waals surface area contributed by atoms with Gasteiger partial charge in [0.05, 0.1) is 18.8 Å². The zero-order chi connectivity index (χ0) is 19.6. The van der Waals surface area contributed by atoms with Crippen LogP contribution in [-0.2, 0) is 13.0 Å². The highest BCUT2D eigenvalue weighted by Gasteiger charge is 2.09. The van der Waals surface area contributed by atoms with Crippen LogP contribution in [0.25, 0.3) is 0 Å². The molecule has 0 aliphatic heterocycles. The predicted molar refractivity (Wildman–Crippen MR) is 111 cm³/mol. The fourth-order valence-electron chi connectivity index (χ4n) is 2.42. The molecular formula is C20H30N4O2S. The Morgan fingerprint density at radius 3 is 2.56 bits per heavy atom. The number of hydrogen-bond donors (Lipinski definition) is 3. The quantitative estimate of drug-likeness (QED) is 0.452. The first-order valence-electron chi connectivity index (χ1n) is 9.42. The van der Waals surface area contributed by atoms with Crippen molar-refractivity contribution in [1.29, 1.82) is 0 Å². The summed E-state index contributed by atoms with van der Waals surface area (Å²) in [7, 11) is 0. The molecule has 2 rings (SSSR count). The summed E-state index contributed by atoms with van der Waals surface area (Å²) in [6, 6.07) is 7.53. The number of ether oxygens (including phenoxy) is 1. The minimum absolute atomic E-state index is 0.132. The van der Waals surface area contributed by atoms with Crippen molar-refractivity contribution in [2.45, 2.75) is 52.9 Å². The summed E-state index contributed by atoms with van der Waals surface area (Å²) in [6.45, 7) is 9.76. The minimum Gasteiger partial charge on any atom is -0.491 e. The van der Waals surface area contributed by atoms with E-state index in [9.17, 15) is 5.11 Å². The SMILES string of the molecule is CCNC(=NCc1ncc(CC)s1)NCC(O)c1ccc(OC(C)C)cc1. The van der Waals surface area contributed by atoms with Gasteiger partial charge in [-0.3, -0.25) is 0 Å². The van der Waals surface area contributed by atoms with Crippen LogP contribution in [0.3, 0.4) is 0 Å². The van der Waals surface area contributed by atoms with Gasteiger partial charge in [-0.2, -0.15) is 0 Å². The maximum Gasteiger partial charge on any atom is 0.191 e. The summed E-state index contributed by atoms with van der Waals surface area (Å²) >= 11 is 1.68. The van der Waals surface area contributed by atoms with Gasteiger partial charge in [0, 0.05) is 24.2 Å². The van der Waals surface area contributed by atoms with Gasteiger partial charge in [0.25, 0.3) is 0 Å². The molecule has 1 heterocycles. The first-order valence-corrected chi connectivity index (χ1v) is 10.2. The maximum atomic E-state index is 10.4. The maximum absolute atomic E-state index is 10.4. The first-order chi connectivity index (χ1) is 13.0. The molecule has 0 aliphatic carbocycles. The summed E-state index contributed by atoms with van der Waals surface area (Å²) in [6.07, 6.45) is 2.40. The molecule has 0 saturated carbocycles. The lowest BCUT2D eigenvalue weighted by Gasteiger charge is -2.16. The molecule has 27 heavy (non-hydrogen) atoms. The molecule has 1 aromatic carbocycles. The van der Waals surface area contributed by atoms with Crippen LogP contribution in [0.2, 0.25) is 0 Å². The molecule has 0 bridgehead atoms. The topological polar surface area (TPSA) is 78.8 Å². The van der Waals surface area contributed by atoms with Crippen molar-refractivity contribution in [2.75, 3.05) is 13.1 Å². The highest BCUT2D eigenvalue weighted by molar-refractivity contribution is 7.11. The molecule has 1 atom stereocenters. The number of aliphatic hydroxyl groups excluding tert-OH is 1. The number of aliphatic hydroxyl groups is 1. The van der Waals surface area contributed by atoms with E-state index in [1.807, 2.05) is 51.2 Å². The summed E-state index contributed by atoms with van der Waals surface area (Å²) in [5.41, 5.74) is 0.835. The zero-order valence-corrected chi connectivity index (χ0v) is 17.3. The Bertz CT molecular complexity index is 713. The van der Waals surface area contributed by atoms with Gasteiger partial charge in [-0.1, -0.05) is 19.1 Å². The van der Waals surface area contributed by atoms with Crippen LogP contribution in [0, 0.1) is 0 Å². The van der Waals surface area contributed by atoms with Gasteiger partial charge >= 0.3 is 0 Å². The molecule has 0 spiro atoms. The third-order valence-corrected chi connectivity index (χ3v) is 4.89. The van der Waals surface area contributed by atoms with E-state index < -0.39 is 6.10 Å². The number of nitrogens with one attached hydrogen (secondary N) is 2. The molecule has 1 unspecified atom stereocenters. The van der Waals surface area contributed by atoms with Crippen molar-refractivity contribution in [3.63, 3.8) is 0 Å². The van der Waals surface area contributed by atoms with Gasteiger partial charge in [0.2, 0.25) is 0 Å². The first kappa shape index (κ1) is 21.2. The van der Waals surface area contributed by atoms with E-state index in [1.54, 1.807) is 11.3 Å². The number of thiazole rings is 1. The Morgan fingerprint density at radius 2 is 1.96 bits per heavy atom. The van der Waals surface area contributed by atoms with Gasteiger partial charge < -0.3 is 20.5 Å². The molecule has 148 valence electrons. The van der Waals surface area contributed by atoms with E-state index in [1.165, 1.54) is 4.88 Å². The second kappa shape index (κ2) is 10.9. The second-order valence-corrected chi connectivity index (χ2v) is 7.60. The predicted octanol–water partition coefficient (Wildman–Crippen LogP) is 3.28. The Kier molecular flexibility index (Phi) is 8.54. The van der Waals surface area contributed by atoms with Gasteiger partial charge in [0.1, 0.15) is 10.8 Å². The number of rotatable bonds is 9. The van der Waals surface area contributed by atoms with E-state index in [4.69, 9.17) is 4.74 Å². The average Bonchev–Trinajstić information content (AvgIpc) is 3.12. The smallest absolute Gasteiger partial charge is 0.191 e. The monoisotopic (exact) mass is 390 g/mol. The van der Waals surface area contributed by atoms with E-state index in [-0.39, 0.29) is 6.10 Å². The second-order valence-electron chi connectivity index (χ2n) is 6.40. The summed E-state index contributed by atoms with van der Waals surface area (Å²) in [4.78, 5) is 10.2. The van der Waals surface area contributed by atoms with Gasteiger partial charge in [0.15, 0.2) is 5.96 Å². The summed E-state index contributed by atoms with van der Waals surface area (Å²) in [5.74, 6) is 1.48. The number of aromatic nitrogens is 1. The zero-order valence-electron chi connectivity index (χ0n) is 16.5. The van der Waals surface area contributed by atoms with Crippen molar-refractivity contribution in [1.82, 2.24) is 15.6 Å². The van der Waals surface area contributed by atoms with E-state index in [2.05, 4.69) is 27.5 Å². The average molecular weight is 391 g/mol. The molecule has 0 saturated heterocycles. The van der Waals surface area contributed by atoms with Crippen molar-refractivity contribution in [3.05, 3.63) is 45.9 Å². The van der Waals surface area contributed by atoms with Crippen LogP contribution in [0.15, 0.2) is 35.5 Å². The lowest BCUT2D eigenvalue weighted by Crippen LogP contribution is -2.39. The molecule has 2 aromatic rings. The highest BCUT2D eigenvalue weighted by Crippen LogP contribution is 2.18. The van der Waals surface area contributed by atoms with Gasteiger partial charge in [-0.25, -0.2) is 9.98 Å². The van der Waals surface area contributed by atoms with Crippen molar-refractivity contribution >= 4 is 17.3 Å². The summed E-state index contributed by atoms with van der Waals surface area (Å²) in [5, 5.41) is 17.8. The number of guanidine groups is 1. The van der Waals surface area contributed by atoms with E-state index in [0.717, 1.165) is 29.3 Å². The molecule has 0 aliphatic rings. The van der Waals surface area contributed by atoms with Gasteiger partial charge in [-0.15, -0.1) is 11.3 Å². The molecule has 0 amide bonds. The van der Waals surface area contributed by atoms with Crippen LogP contribution in [0.5, 0.6) is 5.75 Å². The Labute approximate surface area is 165 Å². The largest absolute Gasteiger partial charge is 0.491 e. The lowest BCUT2D eigenvalue weighted by atomic mass is 10.1. The van der Waals surface area contributed by atoms with E-state index in [0.29, 0.717) is 19.0 Å². The van der Waals surface area contributed by atoms with Crippen LogP contribution >= 0.6 is 11.3 Å². The standard InChI is InChI=1S/C20H30N4O2S/c1-5-17-11-22-19(27-17)13-24-20(21-6-2)23-12-18(25)15-7-9-16(10-8-15)26-14(3)4/h7-11,14,18,25H,5-6,12-13H2,1-4H3,(H2,21,23,24). The third-order valence-electron chi connectivity index (χ3n) is 3.77. The lowest BCUT2D eigenvalue weighted by molar-refractivity contribution is 0.180. The molecule has 0 radical (unpaired) electrons. The molecule has 7 heteroatoms. The molecule has 1 aromatic heterocycles.